The zero-order valence-corrected chi connectivity index (χ0v) is 27.4. The fourth-order valence-electron chi connectivity index (χ4n) is 4.43. The average molecular weight is 643 g/mol. The number of halogens is 1. The van der Waals surface area contributed by atoms with E-state index in [1.807, 2.05) is 0 Å². The molecule has 0 saturated carbocycles. The summed E-state index contributed by atoms with van der Waals surface area (Å²) in [6.07, 6.45) is 6.10. The summed E-state index contributed by atoms with van der Waals surface area (Å²) in [5, 5.41) is 6.07. The lowest BCUT2D eigenvalue weighted by Gasteiger charge is -2.20. The molecule has 0 aliphatic heterocycles. The van der Waals surface area contributed by atoms with Gasteiger partial charge in [0, 0.05) is 49.3 Å². The fourth-order valence-corrected chi connectivity index (χ4v) is 4.63. The smallest absolute Gasteiger partial charge is 0.407 e. The number of aryl methyl sites for hydroxylation is 3. The van der Waals surface area contributed by atoms with Crippen molar-refractivity contribution in [2.24, 2.45) is 0 Å². The Bertz CT molecular complexity index is 1520. The largest absolute Gasteiger partial charge is 0.456 e. The number of benzene rings is 1. The summed E-state index contributed by atoms with van der Waals surface area (Å²) in [5.41, 5.74) is 2.33. The van der Waals surface area contributed by atoms with E-state index < -0.39 is 11.7 Å². The van der Waals surface area contributed by atoms with Crippen molar-refractivity contribution in [3.8, 4) is 0 Å². The molecule has 0 atom stereocenters. The number of oxazole rings is 1. The third kappa shape index (κ3) is 12.1. The number of nitrogens with one attached hydrogen (secondary N) is 2. The number of nitrogens with zero attached hydrogens (tertiary/aromatic N) is 2. The minimum absolute atomic E-state index is 0.0361. The van der Waals surface area contributed by atoms with Gasteiger partial charge in [0.05, 0.1) is 12.1 Å². The van der Waals surface area contributed by atoms with Crippen LogP contribution >= 0.6 is 11.6 Å². The molecule has 0 aliphatic rings. The first kappa shape index (κ1) is 35.4. The predicted octanol–water partition coefficient (Wildman–Crippen LogP) is 5.55. The first-order valence-corrected chi connectivity index (χ1v) is 15.5. The van der Waals surface area contributed by atoms with Crippen LogP contribution in [-0.2, 0) is 58.1 Å². The van der Waals surface area contributed by atoms with E-state index in [1.165, 1.54) is 10.8 Å². The molecular formula is C33H43ClN4O7. The molecule has 45 heavy (non-hydrogen) atoms. The Morgan fingerprint density at radius 1 is 1.07 bits per heavy atom. The van der Waals surface area contributed by atoms with Crippen LogP contribution in [0.4, 0.5) is 4.79 Å². The molecule has 1 aromatic carbocycles. The molecule has 244 valence electrons. The normalized spacial score (nSPS) is 11.2. The summed E-state index contributed by atoms with van der Waals surface area (Å²) in [4.78, 5) is 54.5. The summed E-state index contributed by atoms with van der Waals surface area (Å²) in [6.45, 7) is 9.85. The third-order valence-corrected chi connectivity index (χ3v) is 7.09. The minimum Gasteiger partial charge on any atom is -0.456 e. The molecule has 2 amide bonds. The number of unbranched alkanes of at least 4 members (excludes halogenated alkanes) is 2. The Hall–Kier alpha value is -4.12. The van der Waals surface area contributed by atoms with Gasteiger partial charge in [-0.25, -0.2) is 9.78 Å². The summed E-state index contributed by atoms with van der Waals surface area (Å²) >= 11 is 6.20. The molecule has 0 unspecified atom stereocenters. The van der Waals surface area contributed by atoms with Crippen molar-refractivity contribution in [2.75, 3.05) is 0 Å². The molecule has 11 nitrogen and oxygen atoms in total. The number of esters is 1. The van der Waals surface area contributed by atoms with Gasteiger partial charge in [-0.15, -0.1) is 0 Å². The van der Waals surface area contributed by atoms with Gasteiger partial charge in [-0.05, 0) is 69.0 Å². The Morgan fingerprint density at radius 2 is 1.82 bits per heavy atom. The molecule has 0 bridgehead atoms. The predicted molar refractivity (Wildman–Crippen MR) is 170 cm³/mol. The van der Waals surface area contributed by atoms with Gasteiger partial charge in [-0.2, -0.15) is 0 Å². The van der Waals surface area contributed by atoms with E-state index >= 15 is 0 Å². The van der Waals surface area contributed by atoms with Crippen molar-refractivity contribution in [1.82, 2.24) is 20.2 Å². The van der Waals surface area contributed by atoms with Crippen LogP contribution in [0, 0.1) is 6.92 Å². The lowest BCUT2D eigenvalue weighted by atomic mass is 10.1. The zero-order chi connectivity index (χ0) is 33.0. The van der Waals surface area contributed by atoms with E-state index in [2.05, 4.69) is 22.5 Å². The molecule has 2 heterocycles. The Balaban J connectivity index is 1.55. The van der Waals surface area contributed by atoms with Crippen LogP contribution < -0.4 is 16.2 Å². The summed E-state index contributed by atoms with van der Waals surface area (Å²) in [6, 6.07) is 7.01. The molecule has 0 fully saturated rings. The number of amides is 2. The standard InChI is InChI=1S/C33H43ClN4O7/c1-6-7-8-9-30(40)44-21-29-37-26(20-43-29)13-15-38-14-12-22(2)27(31(38)41)17-28(39)35-19-24-16-25(34)11-10-23(24)18-36-32(42)45-33(3,4)5/h10-12,14,16,20H,6-9,13,15,17-19,21H2,1-5H3,(H,35,39)(H,36,42). The van der Waals surface area contributed by atoms with Crippen LogP contribution in [0.2, 0.25) is 5.02 Å². The first-order valence-electron chi connectivity index (χ1n) is 15.1. The highest BCUT2D eigenvalue weighted by Crippen LogP contribution is 2.17. The first-order chi connectivity index (χ1) is 21.3. The monoisotopic (exact) mass is 642 g/mol. The number of ether oxygens (including phenoxy) is 2. The highest BCUT2D eigenvalue weighted by atomic mass is 35.5. The average Bonchev–Trinajstić information content (AvgIpc) is 3.43. The van der Waals surface area contributed by atoms with Gasteiger partial charge in [0.1, 0.15) is 11.9 Å². The molecule has 2 aromatic heterocycles. The number of rotatable bonds is 15. The summed E-state index contributed by atoms with van der Waals surface area (Å²) < 4.78 is 17.5. The highest BCUT2D eigenvalue weighted by molar-refractivity contribution is 6.30. The second-order valence-electron chi connectivity index (χ2n) is 11.8. The zero-order valence-electron chi connectivity index (χ0n) is 26.7. The maximum Gasteiger partial charge on any atom is 0.407 e. The second-order valence-corrected chi connectivity index (χ2v) is 12.2. The van der Waals surface area contributed by atoms with Gasteiger partial charge in [0.25, 0.3) is 5.56 Å². The van der Waals surface area contributed by atoms with E-state index in [1.54, 1.807) is 58.2 Å². The van der Waals surface area contributed by atoms with Crippen LogP contribution in [0.5, 0.6) is 0 Å². The lowest BCUT2D eigenvalue weighted by Crippen LogP contribution is -2.33. The number of hydrogen-bond donors (Lipinski definition) is 2. The summed E-state index contributed by atoms with van der Waals surface area (Å²) in [5.74, 6) is -0.315. The van der Waals surface area contributed by atoms with Gasteiger partial charge in [0.2, 0.25) is 11.8 Å². The Kier molecular flexibility index (Phi) is 13.2. The van der Waals surface area contributed by atoms with Gasteiger partial charge in [-0.1, -0.05) is 37.4 Å². The quantitative estimate of drug-likeness (QED) is 0.162. The molecule has 0 radical (unpaired) electrons. The number of carbonyl (C=O) groups is 3. The molecule has 12 heteroatoms. The van der Waals surface area contributed by atoms with Crippen LogP contribution in [-0.4, -0.2) is 33.1 Å². The summed E-state index contributed by atoms with van der Waals surface area (Å²) in [7, 11) is 0. The van der Waals surface area contributed by atoms with E-state index in [4.69, 9.17) is 25.5 Å². The number of hydrogen-bond acceptors (Lipinski definition) is 8. The topological polar surface area (TPSA) is 142 Å². The number of aromatic nitrogens is 2. The van der Waals surface area contributed by atoms with Crippen LogP contribution in [0.25, 0.3) is 0 Å². The van der Waals surface area contributed by atoms with Crippen LogP contribution in [0.15, 0.2) is 45.9 Å². The molecule has 2 N–H and O–H groups in total. The van der Waals surface area contributed by atoms with Gasteiger partial charge in [-0.3, -0.25) is 14.4 Å². The Labute approximate surface area is 268 Å². The molecule has 0 aliphatic carbocycles. The van der Waals surface area contributed by atoms with E-state index in [-0.39, 0.29) is 43.6 Å². The fraction of sp³-hybridized carbons (Fsp3) is 0.485. The van der Waals surface area contributed by atoms with Crippen molar-refractivity contribution in [3.63, 3.8) is 0 Å². The maximum absolute atomic E-state index is 13.3. The minimum atomic E-state index is -0.625. The number of carbonyl (C=O) groups excluding carboxylic acids is 3. The maximum atomic E-state index is 13.3. The van der Waals surface area contributed by atoms with Crippen molar-refractivity contribution in [3.05, 3.63) is 85.9 Å². The number of pyridine rings is 1. The molecule has 3 rings (SSSR count). The van der Waals surface area contributed by atoms with Crippen molar-refractivity contribution >= 4 is 29.6 Å². The van der Waals surface area contributed by atoms with Crippen molar-refractivity contribution in [2.45, 2.75) is 105 Å². The molecule has 0 saturated heterocycles. The van der Waals surface area contributed by atoms with Crippen molar-refractivity contribution in [1.29, 1.82) is 0 Å². The van der Waals surface area contributed by atoms with Gasteiger partial charge >= 0.3 is 12.1 Å². The number of alkyl carbamates (subject to hydrolysis) is 1. The second kappa shape index (κ2) is 16.8. The highest BCUT2D eigenvalue weighted by Gasteiger charge is 2.17. The molecule has 3 aromatic rings. The lowest BCUT2D eigenvalue weighted by molar-refractivity contribution is -0.145. The van der Waals surface area contributed by atoms with Crippen LogP contribution in [0.3, 0.4) is 0 Å². The SMILES string of the molecule is CCCCCC(=O)OCc1nc(CCn2ccc(C)c(CC(=O)NCc3cc(Cl)ccc3CNC(=O)OC(C)(C)C)c2=O)co1. The van der Waals surface area contributed by atoms with Gasteiger partial charge in [0.15, 0.2) is 6.61 Å². The van der Waals surface area contributed by atoms with Crippen LogP contribution in [0.1, 0.15) is 87.2 Å². The van der Waals surface area contributed by atoms with E-state index in [9.17, 15) is 19.2 Å². The van der Waals surface area contributed by atoms with E-state index in [0.29, 0.717) is 47.1 Å². The third-order valence-electron chi connectivity index (χ3n) is 6.85. The van der Waals surface area contributed by atoms with E-state index in [0.717, 1.165) is 30.4 Å². The van der Waals surface area contributed by atoms with Crippen molar-refractivity contribution < 1.29 is 28.3 Å². The molecule has 0 spiro atoms. The Morgan fingerprint density at radius 3 is 2.56 bits per heavy atom. The van der Waals surface area contributed by atoms with Gasteiger partial charge < -0.3 is 29.1 Å². The molecular weight excluding hydrogens is 600 g/mol.